The van der Waals surface area contributed by atoms with Gasteiger partial charge >= 0.3 is 5.97 Å². The van der Waals surface area contributed by atoms with Crippen molar-refractivity contribution in [3.05, 3.63) is 56.7 Å². The van der Waals surface area contributed by atoms with Gasteiger partial charge in [-0.25, -0.2) is 0 Å². The number of benzene rings is 1. The molecular weight excluding hydrogens is 406 g/mol. The zero-order valence-electron chi connectivity index (χ0n) is 15.5. The van der Waals surface area contributed by atoms with Crippen molar-refractivity contribution in [2.75, 3.05) is 39.6 Å². The molecule has 0 fully saturated rings. The fraction of sp³-hybridized carbons (Fsp3) is 0.474. The number of esters is 1. The average molecular weight is 430 g/mol. The van der Waals surface area contributed by atoms with E-state index in [4.69, 9.17) is 30.5 Å². The van der Waals surface area contributed by atoms with Crippen molar-refractivity contribution < 1.29 is 23.7 Å². The van der Waals surface area contributed by atoms with Crippen molar-refractivity contribution >= 4 is 29.1 Å². The first-order valence-electron chi connectivity index (χ1n) is 8.94. The third-order valence-corrected chi connectivity index (χ3v) is 4.75. The van der Waals surface area contributed by atoms with Gasteiger partial charge in [-0.05, 0) is 17.1 Å². The van der Waals surface area contributed by atoms with Crippen LogP contribution in [0.3, 0.4) is 0 Å². The Morgan fingerprint density at radius 2 is 1.61 bits per heavy atom. The molecule has 0 unspecified atom stereocenters. The summed E-state index contributed by atoms with van der Waals surface area (Å²) in [4.78, 5) is 23.0. The summed E-state index contributed by atoms with van der Waals surface area (Å²) in [5.41, 5.74) is 0.842. The van der Waals surface area contributed by atoms with E-state index in [2.05, 4.69) is 0 Å². The average Bonchev–Trinajstić information content (AvgIpc) is 3.02. The highest BCUT2D eigenvalue weighted by molar-refractivity contribution is 7.11. The highest BCUT2D eigenvalue weighted by atomic mass is 35.5. The lowest BCUT2D eigenvalue weighted by Gasteiger charge is -2.07. The SMILES string of the molecule is O=C(CCOCCOCCOCCn1sc(Cl)cc1=O)OCc1ccccc1. The predicted octanol–water partition coefficient (Wildman–Crippen LogP) is 2.75. The van der Waals surface area contributed by atoms with Gasteiger partial charge in [0.15, 0.2) is 0 Å². The number of carbonyl (C=O) groups is 1. The molecule has 28 heavy (non-hydrogen) atoms. The standard InChI is InChI=1S/C19H24ClNO6S/c20-17-14-18(22)21(28-17)7-9-25-11-13-26-12-10-24-8-6-19(23)27-15-16-4-2-1-3-5-16/h1-5,14H,6-13,15H2. The number of halogens is 1. The molecule has 2 aromatic rings. The Hall–Kier alpha value is -1.71. The van der Waals surface area contributed by atoms with Crippen molar-refractivity contribution in [3.8, 4) is 0 Å². The van der Waals surface area contributed by atoms with Crippen molar-refractivity contribution in [1.29, 1.82) is 0 Å². The summed E-state index contributed by atoms with van der Waals surface area (Å²) in [6, 6.07) is 10.9. The number of aromatic nitrogens is 1. The molecule has 0 aliphatic heterocycles. The molecule has 0 aliphatic carbocycles. The summed E-state index contributed by atoms with van der Waals surface area (Å²) < 4.78 is 23.3. The van der Waals surface area contributed by atoms with E-state index in [1.165, 1.54) is 17.6 Å². The van der Waals surface area contributed by atoms with Crippen molar-refractivity contribution in [3.63, 3.8) is 0 Å². The first kappa shape index (κ1) is 22.6. The Bertz CT molecular complexity index is 748. The molecule has 154 valence electrons. The zero-order chi connectivity index (χ0) is 20.0. The molecular formula is C19H24ClNO6S. The summed E-state index contributed by atoms with van der Waals surface area (Å²) in [7, 11) is 0. The number of ether oxygens (including phenoxy) is 4. The molecule has 0 aliphatic rings. The van der Waals surface area contributed by atoms with Crippen LogP contribution >= 0.6 is 23.1 Å². The third-order valence-electron chi connectivity index (χ3n) is 3.56. The van der Waals surface area contributed by atoms with Gasteiger partial charge in [0, 0.05) is 6.07 Å². The molecule has 7 nitrogen and oxygen atoms in total. The second kappa shape index (κ2) is 13.5. The summed E-state index contributed by atoms with van der Waals surface area (Å²) in [6.07, 6.45) is 0.210. The number of hydrogen-bond donors (Lipinski definition) is 0. The van der Waals surface area contributed by atoms with E-state index in [1.54, 1.807) is 3.96 Å². The van der Waals surface area contributed by atoms with Crippen LogP contribution in [0.1, 0.15) is 12.0 Å². The number of carbonyl (C=O) groups excluding carboxylic acids is 1. The van der Waals surface area contributed by atoms with E-state index in [0.29, 0.717) is 50.5 Å². The Balaban J connectivity index is 1.36. The maximum Gasteiger partial charge on any atom is 0.308 e. The van der Waals surface area contributed by atoms with Crippen LogP contribution in [0.15, 0.2) is 41.2 Å². The van der Waals surface area contributed by atoms with Gasteiger partial charge in [0.2, 0.25) is 0 Å². The summed E-state index contributed by atoms with van der Waals surface area (Å²) in [5, 5.41) is 0. The van der Waals surface area contributed by atoms with Crippen LogP contribution in [0.2, 0.25) is 4.34 Å². The van der Waals surface area contributed by atoms with Gasteiger partial charge in [0.25, 0.3) is 5.56 Å². The van der Waals surface area contributed by atoms with Gasteiger partial charge in [0.1, 0.15) is 10.9 Å². The van der Waals surface area contributed by atoms with Crippen LogP contribution in [0.25, 0.3) is 0 Å². The number of rotatable bonds is 14. The quantitative estimate of drug-likeness (QED) is 0.339. The fourth-order valence-corrected chi connectivity index (χ4v) is 3.17. The van der Waals surface area contributed by atoms with Crippen LogP contribution < -0.4 is 5.56 Å². The van der Waals surface area contributed by atoms with E-state index >= 15 is 0 Å². The maximum absolute atomic E-state index is 11.6. The molecule has 9 heteroatoms. The minimum absolute atomic E-state index is 0.115. The second-order valence-electron chi connectivity index (χ2n) is 5.71. The second-order valence-corrected chi connectivity index (χ2v) is 7.41. The van der Waals surface area contributed by atoms with Crippen LogP contribution in [0, 0.1) is 0 Å². The fourth-order valence-electron chi connectivity index (χ4n) is 2.16. The summed E-state index contributed by atoms with van der Waals surface area (Å²) in [6.45, 7) is 3.14. The molecule has 0 radical (unpaired) electrons. The topological polar surface area (TPSA) is 76.0 Å². The van der Waals surface area contributed by atoms with Crippen molar-refractivity contribution in [2.24, 2.45) is 0 Å². The number of nitrogens with zero attached hydrogens (tertiary/aromatic N) is 1. The maximum atomic E-state index is 11.6. The van der Waals surface area contributed by atoms with Crippen molar-refractivity contribution in [1.82, 2.24) is 3.96 Å². The molecule has 0 atom stereocenters. The molecule has 1 heterocycles. The zero-order valence-corrected chi connectivity index (χ0v) is 17.1. The molecule has 2 rings (SSSR count). The summed E-state index contributed by atoms with van der Waals surface area (Å²) in [5.74, 6) is -0.288. The van der Waals surface area contributed by atoms with Gasteiger partial charge in [-0.3, -0.25) is 13.5 Å². The van der Waals surface area contributed by atoms with Gasteiger partial charge < -0.3 is 18.9 Å². The molecule has 1 aromatic carbocycles. The Morgan fingerprint density at radius 3 is 2.25 bits per heavy atom. The van der Waals surface area contributed by atoms with Gasteiger partial charge in [-0.2, -0.15) is 0 Å². The smallest absolute Gasteiger partial charge is 0.308 e. The molecule has 0 saturated carbocycles. The minimum atomic E-state index is -0.288. The summed E-state index contributed by atoms with van der Waals surface area (Å²) >= 11 is 6.96. The lowest BCUT2D eigenvalue weighted by Crippen LogP contribution is -2.17. The Labute approximate surface area is 172 Å². The first-order valence-corrected chi connectivity index (χ1v) is 10.1. The molecule has 1 aromatic heterocycles. The molecule has 0 bridgehead atoms. The van der Waals surface area contributed by atoms with E-state index in [1.807, 2.05) is 30.3 Å². The molecule has 0 saturated heterocycles. The molecule has 0 amide bonds. The van der Waals surface area contributed by atoms with Crippen LogP contribution in [0.4, 0.5) is 0 Å². The molecule has 0 spiro atoms. The first-order chi connectivity index (χ1) is 13.6. The third kappa shape index (κ3) is 9.48. The van der Waals surface area contributed by atoms with E-state index in [0.717, 1.165) is 5.56 Å². The van der Waals surface area contributed by atoms with Crippen molar-refractivity contribution in [2.45, 2.75) is 19.6 Å². The lowest BCUT2D eigenvalue weighted by atomic mass is 10.2. The van der Waals surface area contributed by atoms with Gasteiger partial charge in [-0.1, -0.05) is 41.9 Å². The lowest BCUT2D eigenvalue weighted by molar-refractivity contribution is -0.146. The number of hydrogen-bond acceptors (Lipinski definition) is 7. The van der Waals surface area contributed by atoms with Crippen LogP contribution in [-0.4, -0.2) is 49.6 Å². The van der Waals surface area contributed by atoms with Crippen LogP contribution in [-0.2, 0) is 36.9 Å². The van der Waals surface area contributed by atoms with E-state index in [-0.39, 0.29) is 24.6 Å². The van der Waals surface area contributed by atoms with Gasteiger partial charge in [0.05, 0.1) is 52.6 Å². The largest absolute Gasteiger partial charge is 0.461 e. The van der Waals surface area contributed by atoms with E-state index < -0.39 is 0 Å². The Kier molecular flexibility index (Phi) is 10.9. The normalized spacial score (nSPS) is 10.9. The van der Waals surface area contributed by atoms with Crippen LogP contribution in [0.5, 0.6) is 0 Å². The van der Waals surface area contributed by atoms with E-state index in [9.17, 15) is 9.59 Å². The monoisotopic (exact) mass is 429 g/mol. The molecule has 0 N–H and O–H groups in total. The Morgan fingerprint density at radius 1 is 0.964 bits per heavy atom. The predicted molar refractivity (Wildman–Crippen MR) is 107 cm³/mol. The highest BCUT2D eigenvalue weighted by Gasteiger charge is 2.04. The van der Waals surface area contributed by atoms with Gasteiger partial charge in [-0.15, -0.1) is 0 Å². The minimum Gasteiger partial charge on any atom is -0.461 e. The highest BCUT2D eigenvalue weighted by Crippen LogP contribution is 2.11.